The van der Waals surface area contributed by atoms with E-state index in [-0.39, 0.29) is 24.3 Å². The zero-order valence-corrected chi connectivity index (χ0v) is 24.5. The summed E-state index contributed by atoms with van der Waals surface area (Å²) in [5.41, 5.74) is 0.667. The zero-order valence-electron chi connectivity index (χ0n) is 24.5. The fourth-order valence-electron chi connectivity index (χ4n) is 4.16. The van der Waals surface area contributed by atoms with Gasteiger partial charge in [-0.3, -0.25) is 9.59 Å². The average molecular weight is 534 g/mol. The lowest BCUT2D eigenvalue weighted by Crippen LogP contribution is -2.60. The SMILES string of the molecule is C#Cc1ccc(C(C(=O)NC(C)C)N(C(=O)C(Cc2ccccc2)NC(=O)OC(C)(C)C)C(C)(C)CC)cc1. The molecule has 0 aliphatic rings. The number of carbonyl (C=O) groups is 3. The summed E-state index contributed by atoms with van der Waals surface area (Å²) in [6, 6.07) is 14.4. The first-order valence-electron chi connectivity index (χ1n) is 13.4. The van der Waals surface area contributed by atoms with Gasteiger partial charge in [-0.1, -0.05) is 55.3 Å². The minimum Gasteiger partial charge on any atom is -0.444 e. The van der Waals surface area contributed by atoms with Gasteiger partial charge in [0, 0.05) is 23.6 Å². The quantitative estimate of drug-likeness (QED) is 0.401. The Morgan fingerprint density at radius 3 is 2.03 bits per heavy atom. The highest BCUT2D eigenvalue weighted by atomic mass is 16.6. The Morgan fingerprint density at radius 1 is 0.949 bits per heavy atom. The monoisotopic (exact) mass is 533 g/mol. The summed E-state index contributed by atoms with van der Waals surface area (Å²) in [5.74, 6) is 1.89. The van der Waals surface area contributed by atoms with E-state index in [0.29, 0.717) is 17.5 Å². The molecule has 2 rings (SSSR count). The third-order valence-electron chi connectivity index (χ3n) is 6.36. The Labute approximate surface area is 233 Å². The van der Waals surface area contributed by atoms with Crippen LogP contribution in [0.1, 0.15) is 84.5 Å². The number of hydrogen-bond acceptors (Lipinski definition) is 4. The number of rotatable bonds is 10. The molecule has 2 N–H and O–H groups in total. The summed E-state index contributed by atoms with van der Waals surface area (Å²) in [5, 5.41) is 5.77. The van der Waals surface area contributed by atoms with Crippen molar-refractivity contribution in [3.8, 4) is 12.3 Å². The van der Waals surface area contributed by atoms with E-state index in [9.17, 15) is 14.4 Å². The summed E-state index contributed by atoms with van der Waals surface area (Å²) in [6.07, 6.45) is 5.65. The van der Waals surface area contributed by atoms with Gasteiger partial charge in [0.1, 0.15) is 17.7 Å². The number of terminal acetylenes is 1. The van der Waals surface area contributed by atoms with E-state index in [4.69, 9.17) is 11.2 Å². The van der Waals surface area contributed by atoms with Gasteiger partial charge in [0.05, 0.1) is 0 Å². The van der Waals surface area contributed by atoms with Crippen LogP contribution in [0.5, 0.6) is 0 Å². The minimum atomic E-state index is -0.979. The smallest absolute Gasteiger partial charge is 0.408 e. The number of hydrogen-bond donors (Lipinski definition) is 2. The molecule has 0 radical (unpaired) electrons. The van der Waals surface area contributed by atoms with Crippen LogP contribution < -0.4 is 10.6 Å². The molecule has 0 aliphatic carbocycles. The van der Waals surface area contributed by atoms with Crippen molar-refractivity contribution >= 4 is 17.9 Å². The molecule has 2 aromatic rings. The van der Waals surface area contributed by atoms with Gasteiger partial charge in [0.2, 0.25) is 11.8 Å². The molecule has 0 heterocycles. The summed E-state index contributed by atoms with van der Waals surface area (Å²) >= 11 is 0. The minimum absolute atomic E-state index is 0.147. The van der Waals surface area contributed by atoms with Crippen molar-refractivity contribution in [1.29, 1.82) is 0 Å². The molecule has 0 spiro atoms. The summed E-state index contributed by atoms with van der Waals surface area (Å²) in [7, 11) is 0. The molecule has 7 heteroatoms. The summed E-state index contributed by atoms with van der Waals surface area (Å²) < 4.78 is 5.50. The Balaban J connectivity index is 2.65. The van der Waals surface area contributed by atoms with E-state index < -0.39 is 29.3 Å². The number of carbonyl (C=O) groups excluding carboxylic acids is 3. The van der Waals surface area contributed by atoms with Crippen molar-refractivity contribution in [2.45, 2.75) is 97.5 Å². The molecule has 0 aliphatic heterocycles. The van der Waals surface area contributed by atoms with Crippen molar-refractivity contribution in [3.05, 3.63) is 71.3 Å². The van der Waals surface area contributed by atoms with Gasteiger partial charge >= 0.3 is 6.09 Å². The largest absolute Gasteiger partial charge is 0.444 e. The van der Waals surface area contributed by atoms with Crippen LogP contribution in [0.15, 0.2) is 54.6 Å². The first-order valence-corrected chi connectivity index (χ1v) is 13.4. The summed E-state index contributed by atoms with van der Waals surface area (Å²) in [6.45, 7) is 14.8. The summed E-state index contributed by atoms with van der Waals surface area (Å²) in [4.78, 5) is 42.8. The van der Waals surface area contributed by atoms with Crippen molar-refractivity contribution in [2.24, 2.45) is 0 Å². The van der Waals surface area contributed by atoms with Gasteiger partial charge < -0.3 is 20.3 Å². The average Bonchev–Trinajstić information content (AvgIpc) is 2.85. The second kappa shape index (κ2) is 13.3. The first kappa shape index (κ1) is 31.4. The van der Waals surface area contributed by atoms with Gasteiger partial charge in [0.25, 0.3) is 0 Å². The van der Waals surface area contributed by atoms with Crippen LogP contribution >= 0.6 is 0 Å². The third kappa shape index (κ3) is 9.17. The lowest BCUT2D eigenvalue weighted by Gasteiger charge is -2.44. The predicted molar refractivity (Wildman–Crippen MR) is 155 cm³/mol. The Bertz CT molecular complexity index is 1160. The number of nitrogens with zero attached hydrogens (tertiary/aromatic N) is 1. The van der Waals surface area contributed by atoms with Crippen LogP contribution in [0.4, 0.5) is 4.79 Å². The van der Waals surface area contributed by atoms with Gasteiger partial charge in [-0.25, -0.2) is 4.79 Å². The third-order valence-corrected chi connectivity index (χ3v) is 6.36. The van der Waals surface area contributed by atoms with Gasteiger partial charge in [0.15, 0.2) is 0 Å². The van der Waals surface area contributed by atoms with E-state index in [2.05, 4.69) is 16.6 Å². The van der Waals surface area contributed by atoms with Gasteiger partial charge in [-0.05, 0) is 78.1 Å². The van der Waals surface area contributed by atoms with Crippen molar-refractivity contribution < 1.29 is 19.1 Å². The fraction of sp³-hybridized carbons (Fsp3) is 0.469. The maximum absolute atomic E-state index is 14.5. The molecule has 2 aromatic carbocycles. The highest BCUT2D eigenvalue weighted by molar-refractivity contribution is 5.93. The second-order valence-electron chi connectivity index (χ2n) is 11.6. The van der Waals surface area contributed by atoms with Crippen LogP contribution in [-0.4, -0.2) is 46.0 Å². The highest BCUT2D eigenvalue weighted by Gasteiger charge is 2.43. The molecule has 2 unspecified atom stereocenters. The molecule has 7 nitrogen and oxygen atoms in total. The molecule has 0 bridgehead atoms. The fourth-order valence-corrected chi connectivity index (χ4v) is 4.16. The van der Waals surface area contributed by atoms with Crippen LogP contribution in [0.25, 0.3) is 0 Å². The molecule has 0 saturated heterocycles. The number of amides is 3. The Morgan fingerprint density at radius 2 is 1.54 bits per heavy atom. The van der Waals surface area contributed by atoms with Crippen molar-refractivity contribution in [1.82, 2.24) is 15.5 Å². The van der Waals surface area contributed by atoms with Crippen molar-refractivity contribution in [2.75, 3.05) is 0 Å². The lowest BCUT2D eigenvalue weighted by atomic mass is 9.90. The normalized spacial score (nSPS) is 13.1. The molecule has 2 atom stereocenters. The van der Waals surface area contributed by atoms with E-state index >= 15 is 0 Å². The number of benzene rings is 2. The van der Waals surface area contributed by atoms with E-state index in [0.717, 1.165) is 5.56 Å². The maximum atomic E-state index is 14.5. The zero-order chi connectivity index (χ0) is 29.4. The standard InChI is InChI=1S/C32H43N3O4/c1-10-23-17-19-25(20-18-23)27(28(36)33-22(3)4)35(32(8,9)11-2)29(37)26(21-24-15-13-12-14-16-24)34-30(38)39-31(5,6)7/h1,12-20,22,26-27H,11,21H2,2-9H3,(H,33,36)(H,34,38). The van der Waals surface area contributed by atoms with Crippen LogP contribution in [0.3, 0.4) is 0 Å². The van der Waals surface area contributed by atoms with E-state index in [1.807, 2.05) is 65.0 Å². The topological polar surface area (TPSA) is 87.7 Å². The van der Waals surface area contributed by atoms with Crippen LogP contribution in [0, 0.1) is 12.3 Å². The van der Waals surface area contributed by atoms with Crippen molar-refractivity contribution in [3.63, 3.8) is 0 Å². The second-order valence-corrected chi connectivity index (χ2v) is 11.6. The number of ether oxygens (including phenoxy) is 1. The molecule has 0 saturated carbocycles. The van der Waals surface area contributed by atoms with Crippen LogP contribution in [-0.2, 0) is 20.7 Å². The molecule has 39 heavy (non-hydrogen) atoms. The molecule has 210 valence electrons. The molecule has 0 aromatic heterocycles. The highest BCUT2D eigenvalue weighted by Crippen LogP contribution is 2.33. The van der Waals surface area contributed by atoms with Gasteiger partial charge in [-0.15, -0.1) is 6.42 Å². The lowest BCUT2D eigenvalue weighted by molar-refractivity contribution is -0.149. The maximum Gasteiger partial charge on any atom is 0.408 e. The van der Waals surface area contributed by atoms with E-state index in [1.54, 1.807) is 49.9 Å². The Kier molecular flexibility index (Phi) is 10.7. The van der Waals surface area contributed by atoms with Gasteiger partial charge in [-0.2, -0.15) is 0 Å². The predicted octanol–water partition coefficient (Wildman–Crippen LogP) is 5.39. The molecular formula is C32H43N3O4. The number of nitrogens with one attached hydrogen (secondary N) is 2. The number of alkyl carbamates (subject to hydrolysis) is 1. The molecule has 3 amide bonds. The molecular weight excluding hydrogens is 490 g/mol. The molecule has 0 fully saturated rings. The Hall–Kier alpha value is -3.79. The van der Waals surface area contributed by atoms with E-state index in [1.165, 1.54) is 0 Å². The first-order chi connectivity index (χ1) is 18.2. The van der Waals surface area contributed by atoms with Crippen LogP contribution in [0.2, 0.25) is 0 Å².